The molecule has 0 saturated heterocycles. The van der Waals surface area contributed by atoms with Gasteiger partial charge in [-0.3, -0.25) is 9.89 Å². The van der Waals surface area contributed by atoms with Gasteiger partial charge in [-0.05, 0) is 42.3 Å². The third kappa shape index (κ3) is 4.71. The predicted octanol–water partition coefficient (Wildman–Crippen LogP) is 4.17. The van der Waals surface area contributed by atoms with E-state index in [-0.39, 0.29) is 11.9 Å². The molecule has 0 unspecified atom stereocenters. The molecule has 1 aliphatic rings. The highest BCUT2D eigenvalue weighted by atomic mass is 32.2. The van der Waals surface area contributed by atoms with Crippen LogP contribution in [0.4, 0.5) is 0 Å². The molecule has 1 amide bonds. The topological polar surface area (TPSA) is 89.7 Å². The molecule has 1 atom stereocenters. The first kappa shape index (κ1) is 19.7. The van der Waals surface area contributed by atoms with Crippen molar-refractivity contribution < 1.29 is 4.79 Å². The summed E-state index contributed by atoms with van der Waals surface area (Å²) in [7, 11) is 1.69. The molecule has 0 bridgehead atoms. The number of nitrogens with zero attached hydrogens (tertiary/aromatic N) is 3. The van der Waals surface area contributed by atoms with Crippen molar-refractivity contribution in [2.45, 2.75) is 38.1 Å². The molecule has 1 aromatic carbocycles. The Kier molecular flexibility index (Phi) is 6.31. The smallest absolute Gasteiger partial charge is 0.219 e. The fourth-order valence-electron chi connectivity index (χ4n) is 3.62. The van der Waals surface area contributed by atoms with Crippen LogP contribution in [0, 0.1) is 0 Å². The van der Waals surface area contributed by atoms with Crippen LogP contribution in [0.5, 0.6) is 0 Å². The Balaban J connectivity index is 1.44. The fourth-order valence-corrected chi connectivity index (χ4v) is 4.47. The van der Waals surface area contributed by atoms with E-state index in [1.807, 2.05) is 18.5 Å². The molecule has 0 aliphatic carbocycles. The minimum atomic E-state index is 0.117. The maximum Gasteiger partial charge on any atom is 0.219 e. The van der Waals surface area contributed by atoms with Crippen molar-refractivity contribution in [2.75, 3.05) is 13.6 Å². The molecular formula is C21H26N6OS. The van der Waals surface area contributed by atoms with Crippen LogP contribution < -0.4 is 5.32 Å². The van der Waals surface area contributed by atoms with Crippen LogP contribution in [0.2, 0.25) is 0 Å². The number of aromatic nitrogens is 4. The maximum absolute atomic E-state index is 11.4. The van der Waals surface area contributed by atoms with Gasteiger partial charge in [-0.25, -0.2) is 9.29 Å². The Hall–Kier alpha value is -2.58. The largest absolute Gasteiger partial charge is 0.359 e. The number of fused-ring (bicyclic) bond motifs is 1. The normalized spacial score (nSPS) is 15.2. The van der Waals surface area contributed by atoms with Crippen molar-refractivity contribution in [3.63, 3.8) is 0 Å². The maximum atomic E-state index is 11.4. The summed E-state index contributed by atoms with van der Waals surface area (Å²) >= 11 is 1.74. The Morgan fingerprint density at radius 1 is 1.31 bits per heavy atom. The monoisotopic (exact) mass is 410 g/mol. The lowest BCUT2D eigenvalue weighted by Gasteiger charge is -2.24. The van der Waals surface area contributed by atoms with E-state index >= 15 is 0 Å². The number of imidazole rings is 1. The van der Waals surface area contributed by atoms with Gasteiger partial charge in [0.05, 0.1) is 29.6 Å². The number of H-pyrrole nitrogens is 2. The van der Waals surface area contributed by atoms with Gasteiger partial charge in [0, 0.05) is 31.0 Å². The summed E-state index contributed by atoms with van der Waals surface area (Å²) in [5.74, 6) is 1.11. The predicted molar refractivity (Wildman–Crippen MR) is 117 cm³/mol. The quantitative estimate of drug-likeness (QED) is 0.364. The van der Waals surface area contributed by atoms with Crippen LogP contribution in [0.25, 0.3) is 22.2 Å². The minimum Gasteiger partial charge on any atom is -0.359 e. The van der Waals surface area contributed by atoms with Crippen molar-refractivity contribution >= 4 is 28.8 Å². The van der Waals surface area contributed by atoms with Gasteiger partial charge in [0.15, 0.2) is 0 Å². The SMILES string of the molecule is CNC(=O)CCCCC[C@@H](c1ncc(-c2ccc3[nH]ncc3c2)[nH]1)N1CC=CS1. The van der Waals surface area contributed by atoms with Crippen molar-refractivity contribution in [1.82, 2.24) is 29.8 Å². The first-order valence-electron chi connectivity index (χ1n) is 10.0. The van der Waals surface area contributed by atoms with E-state index in [9.17, 15) is 4.79 Å². The van der Waals surface area contributed by atoms with Crippen molar-refractivity contribution in [3.8, 4) is 11.3 Å². The second kappa shape index (κ2) is 9.28. The number of unbranched alkanes of at least 4 members (excludes halogenated alkanes) is 2. The average molecular weight is 411 g/mol. The van der Waals surface area contributed by atoms with E-state index in [4.69, 9.17) is 4.98 Å². The van der Waals surface area contributed by atoms with Crippen molar-refractivity contribution in [2.24, 2.45) is 0 Å². The summed E-state index contributed by atoms with van der Waals surface area (Å²) in [5.41, 5.74) is 3.15. The molecule has 3 heterocycles. The lowest BCUT2D eigenvalue weighted by atomic mass is 10.1. The zero-order valence-corrected chi connectivity index (χ0v) is 17.3. The van der Waals surface area contributed by atoms with Gasteiger partial charge >= 0.3 is 0 Å². The van der Waals surface area contributed by atoms with Crippen LogP contribution in [-0.4, -0.2) is 44.0 Å². The number of carbonyl (C=O) groups is 1. The molecule has 3 N–H and O–H groups in total. The Labute approximate surface area is 174 Å². The summed E-state index contributed by atoms with van der Waals surface area (Å²) in [5, 5.41) is 13.0. The summed E-state index contributed by atoms with van der Waals surface area (Å²) in [6.45, 7) is 0.921. The molecule has 0 fully saturated rings. The number of hydrogen-bond donors (Lipinski definition) is 3. The zero-order valence-electron chi connectivity index (χ0n) is 16.5. The lowest BCUT2D eigenvalue weighted by molar-refractivity contribution is -0.120. The second-order valence-electron chi connectivity index (χ2n) is 7.22. The second-order valence-corrected chi connectivity index (χ2v) is 8.17. The average Bonchev–Trinajstić information content (AvgIpc) is 3.51. The third-order valence-corrected chi connectivity index (χ3v) is 6.24. The van der Waals surface area contributed by atoms with E-state index in [1.54, 1.807) is 19.0 Å². The summed E-state index contributed by atoms with van der Waals surface area (Å²) in [6.07, 6.45) is 10.6. The van der Waals surface area contributed by atoms with E-state index in [1.165, 1.54) is 0 Å². The van der Waals surface area contributed by atoms with Gasteiger partial charge in [-0.1, -0.05) is 25.0 Å². The molecular weight excluding hydrogens is 384 g/mol. The molecule has 4 rings (SSSR count). The number of amides is 1. The molecule has 0 saturated carbocycles. The third-order valence-electron chi connectivity index (χ3n) is 5.25. The van der Waals surface area contributed by atoms with E-state index < -0.39 is 0 Å². The van der Waals surface area contributed by atoms with Crippen LogP contribution in [0.3, 0.4) is 0 Å². The van der Waals surface area contributed by atoms with Gasteiger partial charge in [-0.15, -0.1) is 0 Å². The molecule has 7 nitrogen and oxygen atoms in total. The number of benzene rings is 1. The van der Waals surface area contributed by atoms with E-state index in [2.05, 4.69) is 48.4 Å². The van der Waals surface area contributed by atoms with Gasteiger partial charge in [0.25, 0.3) is 0 Å². The number of carbonyl (C=O) groups excluding carboxylic acids is 1. The van der Waals surface area contributed by atoms with Gasteiger partial charge < -0.3 is 10.3 Å². The molecule has 152 valence electrons. The van der Waals surface area contributed by atoms with Gasteiger partial charge in [-0.2, -0.15) is 5.10 Å². The fraction of sp³-hybridized carbons (Fsp3) is 0.381. The summed E-state index contributed by atoms with van der Waals surface area (Å²) in [6, 6.07) is 6.47. The minimum absolute atomic E-state index is 0.117. The molecule has 29 heavy (non-hydrogen) atoms. The van der Waals surface area contributed by atoms with Crippen LogP contribution in [0.15, 0.2) is 42.1 Å². The van der Waals surface area contributed by atoms with Crippen molar-refractivity contribution in [1.29, 1.82) is 0 Å². The summed E-state index contributed by atoms with van der Waals surface area (Å²) < 4.78 is 2.36. The standard InChI is InChI=1S/C21H26N6OS/c1-22-20(28)7-4-2-3-6-19(27-10-5-11-29-27)21-23-14-18(25-21)15-8-9-17-16(12-15)13-24-26-17/h5,8-9,11-14,19H,2-4,6-7,10H2,1H3,(H,22,28)(H,23,25)(H,24,26)/t19-/m0/s1. The molecule has 2 aromatic heterocycles. The Morgan fingerprint density at radius 3 is 3.07 bits per heavy atom. The molecule has 0 spiro atoms. The van der Waals surface area contributed by atoms with Gasteiger partial charge in [0.2, 0.25) is 5.91 Å². The van der Waals surface area contributed by atoms with E-state index in [0.29, 0.717) is 6.42 Å². The van der Waals surface area contributed by atoms with Crippen molar-refractivity contribution in [3.05, 3.63) is 47.9 Å². The lowest BCUT2D eigenvalue weighted by Crippen LogP contribution is -2.21. The first-order valence-corrected chi connectivity index (χ1v) is 10.9. The number of aromatic amines is 2. The van der Waals surface area contributed by atoms with E-state index in [0.717, 1.165) is 60.2 Å². The molecule has 0 radical (unpaired) electrons. The highest BCUT2D eigenvalue weighted by molar-refractivity contribution is 8.00. The highest BCUT2D eigenvalue weighted by Crippen LogP contribution is 2.34. The number of rotatable bonds is 9. The summed E-state index contributed by atoms with van der Waals surface area (Å²) in [4.78, 5) is 19.7. The zero-order chi connectivity index (χ0) is 20.1. The Bertz CT molecular complexity index is 986. The number of nitrogens with one attached hydrogen (secondary N) is 3. The number of hydrogen-bond acceptors (Lipinski definition) is 5. The highest BCUT2D eigenvalue weighted by Gasteiger charge is 2.24. The van der Waals surface area contributed by atoms with Crippen LogP contribution in [-0.2, 0) is 4.79 Å². The van der Waals surface area contributed by atoms with Gasteiger partial charge in [0.1, 0.15) is 5.82 Å². The van der Waals surface area contributed by atoms with Crippen LogP contribution in [0.1, 0.15) is 44.0 Å². The van der Waals surface area contributed by atoms with Crippen LogP contribution >= 0.6 is 11.9 Å². The molecule has 3 aromatic rings. The Morgan fingerprint density at radius 2 is 2.24 bits per heavy atom. The molecule has 8 heteroatoms. The first-order chi connectivity index (χ1) is 14.2. The molecule has 1 aliphatic heterocycles.